The molecule has 1 aromatic carbocycles. The van der Waals surface area contributed by atoms with Crippen LogP contribution in [0.3, 0.4) is 0 Å². The van der Waals surface area contributed by atoms with Gasteiger partial charge in [-0.15, -0.1) is 0 Å². The number of likely N-dealkylation sites (tertiary alicyclic amines) is 1. The maximum atomic E-state index is 12.3. The molecule has 1 saturated carbocycles. The van der Waals surface area contributed by atoms with E-state index < -0.39 is 5.97 Å². The summed E-state index contributed by atoms with van der Waals surface area (Å²) in [4.78, 5) is 24.7. The molecule has 2 aliphatic rings. The van der Waals surface area contributed by atoms with Gasteiger partial charge in [0, 0.05) is 24.4 Å². The molecule has 2 N–H and O–H groups in total. The number of hydrogen-bond donors (Lipinski definition) is 2. The fourth-order valence-electron chi connectivity index (χ4n) is 3.26. The van der Waals surface area contributed by atoms with Gasteiger partial charge in [0.2, 0.25) is 0 Å². The van der Waals surface area contributed by atoms with E-state index in [9.17, 15) is 9.59 Å². The normalized spacial score (nSPS) is 23.7. The first-order chi connectivity index (χ1) is 10.1. The van der Waals surface area contributed by atoms with Crippen LogP contribution in [0.15, 0.2) is 30.3 Å². The molecule has 0 aromatic heterocycles. The molecule has 2 fully saturated rings. The number of rotatable bonds is 3. The Bertz CT molecular complexity index is 597. The summed E-state index contributed by atoms with van der Waals surface area (Å²) < 4.78 is 0. The van der Waals surface area contributed by atoms with Gasteiger partial charge < -0.3 is 15.3 Å². The van der Waals surface area contributed by atoms with E-state index in [1.807, 2.05) is 11.0 Å². The number of carbonyl (C=O) groups excluding carboxylic acids is 1. The fourth-order valence-corrected chi connectivity index (χ4v) is 3.26. The minimum atomic E-state index is -0.988. The number of carboxylic acid groups (broad SMARTS) is 1. The Balaban J connectivity index is 1.66. The summed E-state index contributed by atoms with van der Waals surface area (Å²) in [6.07, 6.45) is 6.08. The van der Waals surface area contributed by atoms with Crippen LogP contribution in [0.1, 0.15) is 24.8 Å². The fraction of sp³-hybridized carbons (Fsp3) is 0.375. The SMILES string of the molecule is O=C(O)/C=C/c1cccc(NC(=O)N2CC3CCC2C3)c1. The van der Waals surface area contributed by atoms with E-state index in [4.69, 9.17) is 5.11 Å². The highest BCUT2D eigenvalue weighted by molar-refractivity contribution is 5.90. The second-order valence-corrected chi connectivity index (χ2v) is 5.71. The van der Waals surface area contributed by atoms with Crippen LogP contribution in [-0.2, 0) is 4.79 Å². The minimum absolute atomic E-state index is 0.0541. The minimum Gasteiger partial charge on any atom is -0.478 e. The number of urea groups is 1. The summed E-state index contributed by atoms with van der Waals surface area (Å²) in [5.74, 6) is -0.317. The number of fused-ring (bicyclic) bond motifs is 2. The van der Waals surface area contributed by atoms with E-state index in [1.54, 1.807) is 18.2 Å². The largest absolute Gasteiger partial charge is 0.478 e. The third kappa shape index (κ3) is 3.07. The summed E-state index contributed by atoms with van der Waals surface area (Å²) in [5, 5.41) is 11.5. The highest BCUT2D eigenvalue weighted by Gasteiger charge is 2.40. The van der Waals surface area contributed by atoms with Crippen molar-refractivity contribution in [3.8, 4) is 0 Å². The molecule has 2 bridgehead atoms. The second kappa shape index (κ2) is 5.60. The van der Waals surface area contributed by atoms with Crippen molar-refractivity contribution in [2.75, 3.05) is 11.9 Å². The Kier molecular flexibility index (Phi) is 3.64. The van der Waals surface area contributed by atoms with Crippen LogP contribution in [-0.4, -0.2) is 34.6 Å². The molecule has 1 aliphatic carbocycles. The van der Waals surface area contributed by atoms with E-state index >= 15 is 0 Å². The quantitative estimate of drug-likeness (QED) is 0.839. The number of nitrogens with zero attached hydrogens (tertiary/aromatic N) is 1. The molecule has 1 saturated heterocycles. The average Bonchev–Trinajstić information content (AvgIpc) is 3.08. The third-order valence-corrected chi connectivity index (χ3v) is 4.23. The van der Waals surface area contributed by atoms with Crippen molar-refractivity contribution >= 4 is 23.8 Å². The second-order valence-electron chi connectivity index (χ2n) is 5.71. The average molecular weight is 286 g/mol. The first-order valence-corrected chi connectivity index (χ1v) is 7.20. The Morgan fingerprint density at radius 1 is 1.33 bits per heavy atom. The van der Waals surface area contributed by atoms with Crippen molar-refractivity contribution in [2.24, 2.45) is 5.92 Å². The smallest absolute Gasteiger partial charge is 0.328 e. The topological polar surface area (TPSA) is 69.6 Å². The molecular weight excluding hydrogens is 268 g/mol. The summed E-state index contributed by atoms with van der Waals surface area (Å²) >= 11 is 0. The van der Waals surface area contributed by atoms with Gasteiger partial charge in [-0.1, -0.05) is 12.1 Å². The number of benzene rings is 1. The molecule has 5 nitrogen and oxygen atoms in total. The number of nitrogens with one attached hydrogen (secondary N) is 1. The lowest BCUT2D eigenvalue weighted by Crippen LogP contribution is -2.40. The van der Waals surface area contributed by atoms with Gasteiger partial charge in [-0.05, 0) is 49.0 Å². The monoisotopic (exact) mass is 286 g/mol. The molecule has 0 spiro atoms. The van der Waals surface area contributed by atoms with Crippen molar-refractivity contribution in [3.63, 3.8) is 0 Å². The molecule has 0 radical (unpaired) electrons. The summed E-state index contributed by atoms with van der Waals surface area (Å²) in [6.45, 7) is 0.856. The molecule has 1 aromatic rings. The predicted octanol–water partition coefficient (Wildman–Crippen LogP) is 2.80. The van der Waals surface area contributed by atoms with Gasteiger partial charge in [-0.25, -0.2) is 9.59 Å². The van der Waals surface area contributed by atoms with Crippen LogP contribution in [0.5, 0.6) is 0 Å². The Hall–Kier alpha value is -2.30. The molecule has 2 atom stereocenters. The van der Waals surface area contributed by atoms with Crippen molar-refractivity contribution in [1.29, 1.82) is 0 Å². The number of carbonyl (C=O) groups is 2. The van der Waals surface area contributed by atoms with Gasteiger partial charge in [0.15, 0.2) is 0 Å². The van der Waals surface area contributed by atoms with Gasteiger partial charge in [-0.3, -0.25) is 0 Å². The number of amides is 2. The molecular formula is C16H18N2O3. The van der Waals surface area contributed by atoms with Crippen LogP contribution >= 0.6 is 0 Å². The van der Waals surface area contributed by atoms with Crippen LogP contribution in [0, 0.1) is 5.92 Å². The van der Waals surface area contributed by atoms with Crippen molar-refractivity contribution in [3.05, 3.63) is 35.9 Å². The molecule has 1 heterocycles. The van der Waals surface area contributed by atoms with Crippen LogP contribution in [0.25, 0.3) is 6.08 Å². The first-order valence-electron chi connectivity index (χ1n) is 7.20. The van der Waals surface area contributed by atoms with Crippen molar-refractivity contribution in [1.82, 2.24) is 4.90 Å². The van der Waals surface area contributed by atoms with Crippen LogP contribution < -0.4 is 5.32 Å². The molecule has 110 valence electrons. The van der Waals surface area contributed by atoms with Gasteiger partial charge in [0.1, 0.15) is 0 Å². The molecule has 5 heteroatoms. The molecule has 2 amide bonds. The first kappa shape index (κ1) is 13.7. The van der Waals surface area contributed by atoms with Gasteiger partial charge in [0.25, 0.3) is 0 Å². The van der Waals surface area contributed by atoms with Crippen LogP contribution in [0.2, 0.25) is 0 Å². The van der Waals surface area contributed by atoms with E-state index in [1.165, 1.54) is 12.5 Å². The number of hydrogen-bond acceptors (Lipinski definition) is 2. The Labute approximate surface area is 123 Å². The van der Waals surface area contributed by atoms with Gasteiger partial charge in [-0.2, -0.15) is 0 Å². The molecule has 2 unspecified atom stereocenters. The zero-order chi connectivity index (χ0) is 14.8. The third-order valence-electron chi connectivity index (χ3n) is 4.23. The lowest BCUT2D eigenvalue weighted by atomic mass is 10.1. The summed E-state index contributed by atoms with van der Waals surface area (Å²) in [5.41, 5.74) is 1.44. The standard InChI is InChI=1S/C16H18N2O3/c19-15(20)7-5-11-2-1-3-13(8-11)17-16(21)18-10-12-4-6-14(18)9-12/h1-3,5,7-8,12,14H,4,6,9-10H2,(H,17,21)(H,19,20)/b7-5+. The van der Waals surface area contributed by atoms with E-state index in [-0.39, 0.29) is 6.03 Å². The van der Waals surface area contributed by atoms with E-state index in [0.29, 0.717) is 17.6 Å². The zero-order valence-corrected chi connectivity index (χ0v) is 11.7. The highest BCUT2D eigenvalue weighted by atomic mass is 16.4. The van der Waals surface area contributed by atoms with Crippen LogP contribution in [0.4, 0.5) is 10.5 Å². The summed E-state index contributed by atoms with van der Waals surface area (Å²) in [7, 11) is 0. The number of piperidine rings is 1. The lowest BCUT2D eigenvalue weighted by molar-refractivity contribution is -0.131. The van der Waals surface area contributed by atoms with E-state index in [0.717, 1.165) is 31.0 Å². The van der Waals surface area contributed by atoms with Crippen molar-refractivity contribution < 1.29 is 14.7 Å². The molecule has 3 rings (SSSR count). The number of anilines is 1. The Morgan fingerprint density at radius 2 is 2.19 bits per heavy atom. The lowest BCUT2D eigenvalue weighted by Gasteiger charge is -2.27. The maximum absolute atomic E-state index is 12.3. The van der Waals surface area contributed by atoms with Gasteiger partial charge >= 0.3 is 12.0 Å². The zero-order valence-electron chi connectivity index (χ0n) is 11.7. The maximum Gasteiger partial charge on any atom is 0.328 e. The molecule has 1 aliphatic heterocycles. The number of aliphatic carboxylic acids is 1. The Morgan fingerprint density at radius 3 is 2.86 bits per heavy atom. The molecule has 21 heavy (non-hydrogen) atoms. The van der Waals surface area contributed by atoms with Gasteiger partial charge in [0.05, 0.1) is 0 Å². The van der Waals surface area contributed by atoms with Crippen molar-refractivity contribution in [2.45, 2.75) is 25.3 Å². The van der Waals surface area contributed by atoms with E-state index in [2.05, 4.69) is 5.32 Å². The predicted molar refractivity (Wildman–Crippen MR) is 80.0 cm³/mol. The highest BCUT2D eigenvalue weighted by Crippen LogP contribution is 2.37. The summed E-state index contributed by atoms with van der Waals surface area (Å²) in [6, 6.07) is 7.52. The number of carboxylic acids is 1.